The molecule has 600 valence electrons. The summed E-state index contributed by atoms with van der Waals surface area (Å²) >= 11 is 0. The number of hydrogen-bond acceptors (Lipinski definition) is 22. The molecule has 11 unspecified atom stereocenters. The zero-order valence-corrected chi connectivity index (χ0v) is 66.1. The Labute approximate surface area is 645 Å². The molecule has 111 heavy (non-hydrogen) atoms. The minimum Gasteiger partial charge on any atom is -0.369 e. The first-order valence-corrected chi connectivity index (χ1v) is 40.6. The average Bonchev–Trinajstić information content (AvgIpc) is 1.68. The van der Waals surface area contributed by atoms with Crippen LogP contribution < -0.4 is 52.0 Å². The van der Waals surface area contributed by atoms with Gasteiger partial charge >= 0.3 is 0 Å². The number of likely N-dealkylation sites (N-methyl/N-ethyl adjacent to an activating group) is 2. The van der Waals surface area contributed by atoms with Crippen LogP contribution in [0.1, 0.15) is 129 Å². The van der Waals surface area contributed by atoms with Gasteiger partial charge in [0.05, 0.1) is 62.4 Å². The fourth-order valence-corrected chi connectivity index (χ4v) is 14.5. The Morgan fingerprint density at radius 2 is 1.00 bits per heavy atom. The Morgan fingerprint density at radius 1 is 0.577 bits per heavy atom. The van der Waals surface area contributed by atoms with Gasteiger partial charge in [-0.2, -0.15) is 0 Å². The molecule has 0 saturated carbocycles. The zero-order valence-electron chi connectivity index (χ0n) is 64.5. The standard InChI is InChI=1S/C75H102N18O16S2/c1-44(76-9)64(94)80-39-54(74(3,4)5)72(102)90-33-29-59-61(90)70(100)81-55(37-46-25-27-48-19-13-15-21-50(48)35-46)66(96)78-31-17-23-58(69(99)87-111(12,106)107)93-41-53(85-89-93)43-109-60-30-34-91(73(103)63(75(6,7)8)83-65(95)45(2)77-10)62(60)71(101)82-56(38-47-26-28-49-20-14-16-22-51(49)36-47)67(97)79-32-18-24-57(68(98)86-110(11,104)105)92-40-52(42-108-59)84-88-92/h13-16,19-22,25-28,35-36,39-41,44-45,55-63,76-77H,17-18,23-24,29-34,37-38,42-43H2,1-12H3,(H,78,96)(H,79,97)(H,80,94)(H,81,100)(H,82,101)(H,83,95)(H,86,98)(H,87,99). The number of hydrogen-bond donors (Lipinski definition) is 10. The number of fused-ring (bicyclic) bond motifs is 8. The van der Waals surface area contributed by atoms with Gasteiger partial charge in [-0.3, -0.25) is 57.4 Å². The molecule has 3 aliphatic heterocycles. The largest absolute Gasteiger partial charge is 0.369 e. The number of ether oxygens (including phenoxy) is 2. The molecule has 5 heterocycles. The number of nitrogens with one attached hydrogen (secondary N) is 10. The highest BCUT2D eigenvalue weighted by Gasteiger charge is 2.49. The number of nitrogens with zero attached hydrogens (tertiary/aromatic N) is 8. The summed E-state index contributed by atoms with van der Waals surface area (Å²) < 4.78 is 70.1. The molecule has 10 N–H and O–H groups in total. The lowest BCUT2D eigenvalue weighted by Crippen LogP contribution is -2.62. The maximum atomic E-state index is 15.5. The normalized spacial score (nSPS) is 22.3. The van der Waals surface area contributed by atoms with Crippen molar-refractivity contribution in [3.63, 3.8) is 0 Å². The minimum atomic E-state index is -4.18. The molecule has 2 fully saturated rings. The highest BCUT2D eigenvalue weighted by molar-refractivity contribution is 7.89. The summed E-state index contributed by atoms with van der Waals surface area (Å²) in [6.45, 7) is 12.5. The third-order valence-electron chi connectivity index (χ3n) is 19.7. The molecule has 9 rings (SSSR count). The molecule has 0 aliphatic carbocycles. The first-order chi connectivity index (χ1) is 52.4. The fourth-order valence-electron chi connectivity index (χ4n) is 13.5. The van der Waals surface area contributed by atoms with Crippen LogP contribution in [0, 0.1) is 10.8 Å². The lowest BCUT2D eigenvalue weighted by atomic mass is 9.85. The van der Waals surface area contributed by atoms with Crippen molar-refractivity contribution in [3.05, 3.63) is 132 Å². The van der Waals surface area contributed by atoms with Gasteiger partial charge in [-0.15, -0.1) is 10.2 Å². The van der Waals surface area contributed by atoms with Crippen LogP contribution in [0.25, 0.3) is 21.5 Å². The summed E-state index contributed by atoms with van der Waals surface area (Å²) in [4.78, 5) is 149. The Bertz CT molecular complexity index is 4690. The second-order valence-electron chi connectivity index (χ2n) is 30.5. The van der Waals surface area contributed by atoms with E-state index in [1.165, 1.54) is 28.4 Å². The highest BCUT2D eigenvalue weighted by Crippen LogP contribution is 2.33. The van der Waals surface area contributed by atoms with Crippen molar-refractivity contribution in [2.75, 3.05) is 52.8 Å². The second kappa shape index (κ2) is 36.8. The molecular weight excluding hydrogens is 1470 g/mol. The number of sulfonamides is 2. The number of rotatable bonds is 16. The molecule has 0 spiro atoms. The van der Waals surface area contributed by atoms with Gasteiger partial charge in [0.15, 0.2) is 0 Å². The first kappa shape index (κ1) is 84.9. The third-order valence-corrected chi connectivity index (χ3v) is 20.9. The van der Waals surface area contributed by atoms with E-state index in [0.717, 1.165) is 43.4 Å². The quantitative estimate of drug-likeness (QED) is 0.0607. The Hall–Kier alpha value is -10.1. The van der Waals surface area contributed by atoms with E-state index in [2.05, 4.69) is 63.2 Å². The van der Waals surface area contributed by atoms with E-state index >= 15 is 19.2 Å². The number of benzene rings is 4. The van der Waals surface area contributed by atoms with Gasteiger partial charge in [0.25, 0.3) is 17.7 Å². The first-order valence-electron chi connectivity index (χ1n) is 36.9. The zero-order chi connectivity index (χ0) is 80.9. The summed E-state index contributed by atoms with van der Waals surface area (Å²) in [7, 11) is -5.18. The molecule has 10 amide bonds. The highest BCUT2D eigenvalue weighted by atomic mass is 32.2. The van der Waals surface area contributed by atoms with Gasteiger partial charge in [-0.25, -0.2) is 26.2 Å². The third kappa shape index (κ3) is 22.8. The molecule has 6 aromatic rings. The van der Waals surface area contributed by atoms with E-state index in [4.69, 9.17) is 9.47 Å². The summed E-state index contributed by atoms with van der Waals surface area (Å²) in [5.74, 6) is -7.27. The van der Waals surface area contributed by atoms with E-state index in [-0.39, 0.29) is 94.5 Å². The lowest BCUT2D eigenvalue weighted by molar-refractivity contribution is -0.147. The molecule has 4 aromatic carbocycles. The SMILES string of the molecule is CNC(C)C(=O)NC=C(C(=O)N1CCC2OCc3cn(nn3)C(C(=O)NS(C)(=O)=O)CCCNC(=O)C(Cc3ccc4ccccc4c3)NC(=O)C3C(CCN3C(=O)C(NC(=O)C(C)NC)C(C)(C)C)OCc3cn(nn3)C(C(=O)NS(C)(=O)=O)CCCNC(=O)C(Cc3ccc4ccccc4c3)NC(=O)C21)C(C)(C)C. The minimum absolute atomic E-state index is 0.0114. The van der Waals surface area contributed by atoms with Gasteiger partial charge in [0.2, 0.25) is 61.4 Å². The van der Waals surface area contributed by atoms with E-state index in [1.54, 1.807) is 81.6 Å². The molecule has 0 radical (unpaired) electrons. The Kier molecular flexibility index (Phi) is 28.1. The van der Waals surface area contributed by atoms with Crippen LogP contribution in [-0.4, -0.2) is 223 Å². The van der Waals surface area contributed by atoms with Crippen LogP contribution >= 0.6 is 0 Å². The van der Waals surface area contributed by atoms with Gasteiger partial charge in [-0.05, 0) is 110 Å². The number of likely N-dealkylation sites (tertiary alicyclic amines) is 2. The van der Waals surface area contributed by atoms with Crippen molar-refractivity contribution in [3.8, 4) is 0 Å². The Balaban J connectivity index is 1.10. The van der Waals surface area contributed by atoms with E-state index < -0.39 is 170 Å². The van der Waals surface area contributed by atoms with Crippen LogP contribution in [-0.2, 0) is 104 Å². The van der Waals surface area contributed by atoms with Gasteiger partial charge in [-0.1, -0.05) is 137 Å². The molecular formula is C75H102N18O16S2. The monoisotopic (exact) mass is 1570 g/mol. The van der Waals surface area contributed by atoms with Crippen LogP contribution in [0.15, 0.2) is 109 Å². The van der Waals surface area contributed by atoms with Crippen molar-refractivity contribution in [2.24, 2.45) is 10.8 Å². The van der Waals surface area contributed by atoms with Crippen molar-refractivity contribution >= 4 is 101 Å². The van der Waals surface area contributed by atoms with Crippen molar-refractivity contribution in [2.45, 2.75) is 187 Å². The van der Waals surface area contributed by atoms with Crippen molar-refractivity contribution < 1.29 is 74.3 Å². The van der Waals surface area contributed by atoms with Crippen LogP contribution in [0.5, 0.6) is 0 Å². The fraction of sp³-hybridized carbons (Fsp3) is 0.520. The molecule has 11 atom stereocenters. The summed E-state index contributed by atoms with van der Waals surface area (Å²) in [5.41, 5.74) is -0.324. The molecule has 3 aliphatic rings. The maximum Gasteiger partial charge on any atom is 0.258 e. The molecule has 34 nitrogen and oxygen atoms in total. The molecule has 2 saturated heterocycles. The van der Waals surface area contributed by atoms with Gasteiger partial charge in [0.1, 0.15) is 53.7 Å². The van der Waals surface area contributed by atoms with Crippen LogP contribution in [0.3, 0.4) is 0 Å². The lowest BCUT2D eigenvalue weighted by Gasteiger charge is -2.36. The van der Waals surface area contributed by atoms with Crippen molar-refractivity contribution in [1.29, 1.82) is 0 Å². The van der Waals surface area contributed by atoms with E-state index in [1.807, 2.05) is 82.2 Å². The average molecular weight is 1580 g/mol. The van der Waals surface area contributed by atoms with Gasteiger partial charge < -0.3 is 61.8 Å². The van der Waals surface area contributed by atoms with E-state index in [9.17, 15) is 45.6 Å². The molecule has 4 bridgehead atoms. The summed E-state index contributed by atoms with van der Waals surface area (Å²) in [5, 5.41) is 43.3. The molecule has 2 aromatic heterocycles. The molecule has 36 heteroatoms. The number of amides is 10. The van der Waals surface area contributed by atoms with Gasteiger partial charge in [0, 0.05) is 50.8 Å². The number of carbonyl (C=O) groups excluding carboxylic acids is 10. The second-order valence-corrected chi connectivity index (χ2v) is 34.0. The predicted molar refractivity (Wildman–Crippen MR) is 409 cm³/mol. The summed E-state index contributed by atoms with van der Waals surface area (Å²) in [6, 6.07) is 15.1. The van der Waals surface area contributed by atoms with Crippen LogP contribution in [0.2, 0.25) is 0 Å². The number of aromatic nitrogens is 6. The van der Waals surface area contributed by atoms with Crippen molar-refractivity contribution in [1.82, 2.24) is 91.8 Å². The van der Waals surface area contributed by atoms with E-state index in [0.29, 0.717) is 11.1 Å². The summed E-state index contributed by atoms with van der Waals surface area (Å²) in [6.07, 6.45) is 2.85. The topological polar surface area (TPSA) is 446 Å². The number of carbonyl (C=O) groups is 10. The predicted octanol–water partition coefficient (Wildman–Crippen LogP) is 1.14. The maximum absolute atomic E-state index is 15.5. The smallest absolute Gasteiger partial charge is 0.258 e. The van der Waals surface area contributed by atoms with Crippen LogP contribution in [0.4, 0.5) is 0 Å². The Morgan fingerprint density at radius 3 is 1.42 bits per heavy atom.